The van der Waals surface area contributed by atoms with Crippen LogP contribution in [0, 0.1) is 35.8 Å². The smallest absolute Gasteiger partial charge is 0.328 e. The first-order valence-corrected chi connectivity index (χ1v) is 8.84. The van der Waals surface area contributed by atoms with E-state index in [1.165, 1.54) is 18.5 Å². The molecule has 9 nitrogen and oxygen atoms in total. The van der Waals surface area contributed by atoms with Crippen molar-refractivity contribution >= 4 is 17.6 Å². The number of nitrogens with one attached hydrogen (secondary N) is 1. The number of carbonyl (C=O) groups is 2. The van der Waals surface area contributed by atoms with Crippen molar-refractivity contribution in [1.29, 1.82) is 0 Å². The summed E-state index contributed by atoms with van der Waals surface area (Å²) in [6, 6.07) is 0.101. The standard InChI is InChI=1S/C17H26N4O5/c1-10-6-5-7-14(11(10)2)18-15(22)9-26-16(23)8-20-13(4)17(21(24)25)12(3)19-20/h10-11,14H,5-9H2,1-4H3,(H,18,22)/t10-,11-,14+/m0/s1. The van der Waals surface area contributed by atoms with E-state index in [2.05, 4.69) is 24.3 Å². The highest BCUT2D eigenvalue weighted by molar-refractivity contribution is 5.80. The van der Waals surface area contributed by atoms with Crippen LogP contribution in [0.15, 0.2) is 0 Å². The number of amides is 1. The Morgan fingerprint density at radius 3 is 2.65 bits per heavy atom. The third kappa shape index (κ3) is 4.59. The minimum absolute atomic E-state index is 0.101. The minimum Gasteiger partial charge on any atom is -0.454 e. The minimum atomic E-state index is -0.661. The highest BCUT2D eigenvalue weighted by atomic mass is 16.6. The summed E-state index contributed by atoms with van der Waals surface area (Å²) in [4.78, 5) is 34.4. The van der Waals surface area contributed by atoms with Gasteiger partial charge in [-0.25, -0.2) is 0 Å². The third-order valence-corrected chi connectivity index (χ3v) is 5.22. The molecule has 2 rings (SSSR count). The van der Waals surface area contributed by atoms with Gasteiger partial charge in [0.2, 0.25) is 0 Å². The summed E-state index contributed by atoms with van der Waals surface area (Å²) in [5, 5.41) is 17.9. The Labute approximate surface area is 152 Å². The Hall–Kier alpha value is -2.45. The van der Waals surface area contributed by atoms with Crippen LogP contribution < -0.4 is 5.32 Å². The zero-order chi connectivity index (χ0) is 19.4. The molecule has 9 heteroatoms. The number of esters is 1. The zero-order valence-electron chi connectivity index (χ0n) is 15.7. The molecule has 0 unspecified atom stereocenters. The van der Waals surface area contributed by atoms with E-state index in [0.29, 0.717) is 11.8 Å². The highest BCUT2D eigenvalue weighted by Gasteiger charge is 2.28. The first-order valence-electron chi connectivity index (χ1n) is 8.84. The lowest BCUT2D eigenvalue weighted by atomic mass is 9.78. The van der Waals surface area contributed by atoms with Crippen LogP contribution in [0.25, 0.3) is 0 Å². The molecule has 1 aliphatic carbocycles. The van der Waals surface area contributed by atoms with Gasteiger partial charge in [-0.3, -0.25) is 24.4 Å². The number of carbonyl (C=O) groups excluding carboxylic acids is 2. The average molecular weight is 366 g/mol. The Morgan fingerprint density at radius 1 is 1.35 bits per heavy atom. The van der Waals surface area contributed by atoms with E-state index in [4.69, 9.17) is 4.74 Å². The van der Waals surface area contributed by atoms with Gasteiger partial charge in [-0.1, -0.05) is 26.7 Å². The number of aryl methyl sites for hydroxylation is 1. The SMILES string of the molecule is Cc1nn(CC(=O)OCC(=O)N[C@@H]2CCC[C@H](C)[C@@H]2C)c(C)c1[N+](=O)[O-]. The maximum atomic E-state index is 12.0. The van der Waals surface area contributed by atoms with E-state index in [1.54, 1.807) is 0 Å². The molecule has 1 heterocycles. The zero-order valence-corrected chi connectivity index (χ0v) is 15.7. The molecule has 0 aromatic carbocycles. The molecule has 1 N–H and O–H groups in total. The molecular formula is C17H26N4O5. The molecule has 1 fully saturated rings. The van der Waals surface area contributed by atoms with E-state index in [1.807, 2.05) is 0 Å². The molecule has 0 aliphatic heterocycles. The van der Waals surface area contributed by atoms with Crippen molar-refractivity contribution in [2.24, 2.45) is 11.8 Å². The van der Waals surface area contributed by atoms with Gasteiger partial charge in [0.15, 0.2) is 6.61 Å². The predicted molar refractivity (Wildman–Crippen MR) is 93.4 cm³/mol. The predicted octanol–water partition coefficient (Wildman–Crippen LogP) is 1.89. The van der Waals surface area contributed by atoms with Crippen LogP contribution in [0.2, 0.25) is 0 Å². The van der Waals surface area contributed by atoms with E-state index < -0.39 is 10.9 Å². The molecule has 0 bridgehead atoms. The lowest BCUT2D eigenvalue weighted by Gasteiger charge is -2.34. The molecule has 1 aliphatic rings. The third-order valence-electron chi connectivity index (χ3n) is 5.22. The molecule has 26 heavy (non-hydrogen) atoms. The molecule has 0 spiro atoms. The van der Waals surface area contributed by atoms with Crippen molar-refractivity contribution in [3.8, 4) is 0 Å². The second-order valence-electron chi connectivity index (χ2n) is 7.04. The highest BCUT2D eigenvalue weighted by Crippen LogP contribution is 2.29. The first kappa shape index (κ1) is 19.9. The van der Waals surface area contributed by atoms with Crippen LogP contribution in [-0.4, -0.2) is 39.2 Å². The molecule has 1 saturated carbocycles. The van der Waals surface area contributed by atoms with Gasteiger partial charge in [0.05, 0.1) is 4.92 Å². The number of rotatable bonds is 6. The van der Waals surface area contributed by atoms with E-state index in [0.717, 1.165) is 19.3 Å². The van der Waals surface area contributed by atoms with Crippen LogP contribution in [0.4, 0.5) is 5.69 Å². The summed E-state index contributed by atoms with van der Waals surface area (Å²) >= 11 is 0. The number of ether oxygens (including phenoxy) is 1. The summed E-state index contributed by atoms with van der Waals surface area (Å²) in [6.45, 7) is 6.69. The fourth-order valence-corrected chi connectivity index (χ4v) is 3.45. The number of nitrogens with zero attached hydrogens (tertiary/aromatic N) is 3. The van der Waals surface area contributed by atoms with Gasteiger partial charge in [-0.2, -0.15) is 5.10 Å². The normalized spacial score (nSPS) is 22.7. The Morgan fingerprint density at radius 2 is 2.04 bits per heavy atom. The lowest BCUT2D eigenvalue weighted by molar-refractivity contribution is -0.386. The van der Waals surface area contributed by atoms with Crippen molar-refractivity contribution < 1.29 is 19.2 Å². The largest absolute Gasteiger partial charge is 0.454 e. The summed E-state index contributed by atoms with van der Waals surface area (Å²) in [5.41, 5.74) is 0.397. The molecule has 1 aromatic heterocycles. The van der Waals surface area contributed by atoms with Crippen LogP contribution in [0.5, 0.6) is 0 Å². The fraction of sp³-hybridized carbons (Fsp3) is 0.706. The van der Waals surface area contributed by atoms with Crippen molar-refractivity contribution in [3.63, 3.8) is 0 Å². The second-order valence-corrected chi connectivity index (χ2v) is 7.04. The van der Waals surface area contributed by atoms with Gasteiger partial charge >= 0.3 is 11.7 Å². The Kier molecular flexibility index (Phi) is 6.33. The molecule has 1 amide bonds. The molecular weight excluding hydrogens is 340 g/mol. The molecule has 3 atom stereocenters. The van der Waals surface area contributed by atoms with E-state index in [9.17, 15) is 19.7 Å². The summed E-state index contributed by atoms with van der Waals surface area (Å²) in [5.74, 6) is -0.0496. The summed E-state index contributed by atoms with van der Waals surface area (Å²) in [7, 11) is 0. The van der Waals surface area contributed by atoms with Crippen molar-refractivity contribution in [2.45, 2.75) is 59.5 Å². The maximum Gasteiger partial charge on any atom is 0.328 e. The maximum absolute atomic E-state index is 12.0. The van der Waals surface area contributed by atoms with Crippen molar-refractivity contribution in [2.75, 3.05) is 6.61 Å². The van der Waals surface area contributed by atoms with Gasteiger partial charge in [0.25, 0.3) is 5.91 Å². The Bertz CT molecular complexity index is 700. The average Bonchev–Trinajstić information content (AvgIpc) is 2.83. The number of aromatic nitrogens is 2. The van der Waals surface area contributed by atoms with Crippen LogP contribution in [-0.2, 0) is 20.9 Å². The Balaban J connectivity index is 1.84. The number of hydrogen-bond acceptors (Lipinski definition) is 6. The number of nitro groups is 1. The van der Waals surface area contributed by atoms with Gasteiger partial charge in [0, 0.05) is 6.04 Å². The monoisotopic (exact) mass is 366 g/mol. The summed E-state index contributed by atoms with van der Waals surface area (Å²) in [6.07, 6.45) is 3.17. The van der Waals surface area contributed by atoms with Crippen LogP contribution >= 0.6 is 0 Å². The second kappa shape index (κ2) is 8.29. The molecule has 144 valence electrons. The topological polar surface area (TPSA) is 116 Å². The van der Waals surface area contributed by atoms with Gasteiger partial charge in [-0.15, -0.1) is 0 Å². The molecule has 0 saturated heterocycles. The van der Waals surface area contributed by atoms with Crippen LogP contribution in [0.3, 0.4) is 0 Å². The number of hydrogen-bond donors (Lipinski definition) is 1. The van der Waals surface area contributed by atoms with Crippen LogP contribution in [0.1, 0.15) is 44.5 Å². The quantitative estimate of drug-likeness (QED) is 0.467. The van der Waals surface area contributed by atoms with Crippen molar-refractivity contribution in [3.05, 3.63) is 21.5 Å². The first-order chi connectivity index (χ1) is 12.2. The molecule has 1 aromatic rings. The van der Waals surface area contributed by atoms with Gasteiger partial charge in [0.1, 0.15) is 17.9 Å². The van der Waals surface area contributed by atoms with E-state index >= 15 is 0 Å². The lowest BCUT2D eigenvalue weighted by Crippen LogP contribution is -2.45. The summed E-state index contributed by atoms with van der Waals surface area (Å²) < 4.78 is 6.22. The van der Waals surface area contributed by atoms with Gasteiger partial charge in [-0.05, 0) is 32.1 Å². The fourth-order valence-electron chi connectivity index (χ4n) is 3.45. The van der Waals surface area contributed by atoms with Crippen molar-refractivity contribution in [1.82, 2.24) is 15.1 Å². The van der Waals surface area contributed by atoms with E-state index in [-0.39, 0.29) is 42.2 Å². The molecule has 0 radical (unpaired) electrons. The van der Waals surface area contributed by atoms with Gasteiger partial charge < -0.3 is 10.1 Å².